The van der Waals surface area contributed by atoms with Crippen molar-refractivity contribution in [1.29, 1.82) is 0 Å². The molecule has 0 bridgehead atoms. The van der Waals surface area contributed by atoms with Gasteiger partial charge in [-0.05, 0) is 54.1 Å². The molecule has 54 heavy (non-hydrogen) atoms. The fourth-order valence-electron chi connectivity index (χ4n) is 5.95. The van der Waals surface area contributed by atoms with E-state index in [1.807, 2.05) is 91.0 Å². The van der Waals surface area contributed by atoms with Gasteiger partial charge in [0.25, 0.3) is 0 Å². The zero-order chi connectivity index (χ0) is 38.8. The summed E-state index contributed by atoms with van der Waals surface area (Å²) in [6.07, 6.45) is 5.50. The van der Waals surface area contributed by atoms with Gasteiger partial charge in [-0.1, -0.05) is 127 Å². The van der Waals surface area contributed by atoms with E-state index in [9.17, 15) is 0 Å². The van der Waals surface area contributed by atoms with Crippen molar-refractivity contribution in [2.24, 2.45) is 4.99 Å². The second-order valence-electron chi connectivity index (χ2n) is 14.8. The van der Waals surface area contributed by atoms with Crippen LogP contribution in [0, 0.1) is 20.8 Å². The second-order valence-corrected chi connectivity index (χ2v) is 14.8. The smallest absolute Gasteiger partial charge is 0.0701 e. The number of allylic oxidation sites excluding steroid dienone is 2. The van der Waals surface area contributed by atoms with Crippen molar-refractivity contribution in [1.82, 2.24) is 0 Å². The van der Waals surface area contributed by atoms with Gasteiger partial charge in [0.15, 0.2) is 0 Å². The van der Waals surface area contributed by atoms with Crippen LogP contribution in [-0.2, 0) is 25.8 Å². The molecular formula is C51H62HfN2-4. The second kappa shape index (κ2) is 24.2. The molecule has 284 valence electrons. The standard InChI is InChI=1S/C30H41N2.3C7H7.Hf/c1-19(2)23-13-11-14-24(20(3)4)29(23)31-27-17-9-10-18-28(27)32-30-25(21(5)6)15-12-16-26(30)22(7)8;3*1-7-5-3-2-4-6-7;/h11-17,19-22H,9-10,18H2,1-8H3;3*2-6H,1H2;/q4*-1;. The van der Waals surface area contributed by atoms with Crippen molar-refractivity contribution < 1.29 is 25.8 Å². The minimum absolute atomic E-state index is 0. The van der Waals surface area contributed by atoms with Gasteiger partial charge >= 0.3 is 0 Å². The Morgan fingerprint density at radius 3 is 1.15 bits per heavy atom. The summed E-state index contributed by atoms with van der Waals surface area (Å²) >= 11 is 0. The molecule has 1 aliphatic rings. The maximum absolute atomic E-state index is 5.34. The van der Waals surface area contributed by atoms with E-state index in [0.717, 1.165) is 58.7 Å². The average Bonchev–Trinajstić information content (AvgIpc) is 3.14. The van der Waals surface area contributed by atoms with E-state index in [-0.39, 0.29) is 25.8 Å². The number of para-hydroxylation sites is 2. The van der Waals surface area contributed by atoms with E-state index < -0.39 is 0 Å². The first-order valence-electron chi connectivity index (χ1n) is 19.2. The summed E-state index contributed by atoms with van der Waals surface area (Å²) < 4.78 is 0. The van der Waals surface area contributed by atoms with Gasteiger partial charge in [-0.3, -0.25) is 4.99 Å². The minimum atomic E-state index is 0. The Morgan fingerprint density at radius 2 is 0.833 bits per heavy atom. The molecule has 6 rings (SSSR count). The Kier molecular flexibility index (Phi) is 20.6. The molecule has 0 aromatic heterocycles. The molecule has 1 aliphatic carbocycles. The van der Waals surface area contributed by atoms with Gasteiger partial charge < -0.3 is 5.32 Å². The van der Waals surface area contributed by atoms with Crippen LogP contribution in [0.4, 0.5) is 11.4 Å². The van der Waals surface area contributed by atoms with Gasteiger partial charge in [-0.25, -0.2) is 0 Å². The van der Waals surface area contributed by atoms with Crippen LogP contribution in [-0.4, -0.2) is 5.71 Å². The Labute approximate surface area is 348 Å². The van der Waals surface area contributed by atoms with E-state index in [4.69, 9.17) is 10.3 Å². The van der Waals surface area contributed by atoms with Crippen molar-refractivity contribution in [3.8, 4) is 0 Å². The minimum Gasteiger partial charge on any atom is -0.656 e. The maximum atomic E-state index is 5.34. The Bertz CT molecular complexity index is 1690. The third-order valence-electron chi connectivity index (χ3n) is 8.94. The van der Waals surface area contributed by atoms with Crippen LogP contribution in [0.5, 0.6) is 0 Å². The van der Waals surface area contributed by atoms with Gasteiger partial charge in [-0.2, -0.15) is 73.9 Å². The van der Waals surface area contributed by atoms with Crippen LogP contribution in [0.15, 0.2) is 144 Å². The van der Waals surface area contributed by atoms with E-state index in [1.54, 1.807) is 0 Å². The van der Waals surface area contributed by atoms with Crippen molar-refractivity contribution in [2.75, 3.05) is 0 Å². The maximum Gasteiger partial charge on any atom is 0.0701 e. The third kappa shape index (κ3) is 15.3. The molecular weight excluding hydrogens is 819 g/mol. The van der Waals surface area contributed by atoms with Crippen molar-refractivity contribution in [3.63, 3.8) is 0 Å². The molecule has 0 heterocycles. The summed E-state index contributed by atoms with van der Waals surface area (Å²) in [4.78, 5) is 5.34. The number of hydrogen-bond donors (Lipinski definition) is 0. The number of aliphatic imine (C=N–C) groups is 1. The van der Waals surface area contributed by atoms with Crippen molar-refractivity contribution in [3.05, 3.63) is 204 Å². The molecule has 0 saturated heterocycles. The molecule has 0 unspecified atom stereocenters. The molecule has 0 saturated carbocycles. The predicted molar refractivity (Wildman–Crippen MR) is 234 cm³/mol. The van der Waals surface area contributed by atoms with Gasteiger partial charge in [0, 0.05) is 31.6 Å². The molecule has 5 aromatic carbocycles. The van der Waals surface area contributed by atoms with Crippen LogP contribution >= 0.6 is 0 Å². The van der Waals surface area contributed by atoms with Crippen LogP contribution < -0.4 is 0 Å². The van der Waals surface area contributed by atoms with Gasteiger partial charge in [-0.15, -0.1) is 47.8 Å². The number of nitrogens with zero attached hydrogens (tertiary/aromatic N) is 2. The number of hydrogen-bond acceptors (Lipinski definition) is 1. The quantitative estimate of drug-likeness (QED) is 0.115. The molecule has 0 amide bonds. The molecule has 0 spiro atoms. The summed E-state index contributed by atoms with van der Waals surface area (Å²) in [5.74, 6) is 1.75. The number of benzene rings is 5. The first-order valence-corrected chi connectivity index (χ1v) is 19.2. The average molecular weight is 882 g/mol. The zero-order valence-corrected chi connectivity index (χ0v) is 37.7. The first-order chi connectivity index (χ1) is 25.4. The fourth-order valence-corrected chi connectivity index (χ4v) is 5.95. The number of rotatable bonds is 7. The van der Waals surface area contributed by atoms with Crippen LogP contribution in [0.1, 0.15) is 137 Å². The molecule has 0 radical (unpaired) electrons. The molecule has 0 N–H and O–H groups in total. The summed E-state index contributed by atoms with van der Waals surface area (Å²) in [6, 6.07) is 42.9. The van der Waals surface area contributed by atoms with E-state index in [1.165, 1.54) is 22.3 Å². The Morgan fingerprint density at radius 1 is 0.481 bits per heavy atom. The summed E-state index contributed by atoms with van der Waals surface area (Å²) in [7, 11) is 0. The van der Waals surface area contributed by atoms with Gasteiger partial charge in [0.2, 0.25) is 0 Å². The Hall–Kier alpha value is -4.21. The normalized spacial score (nSPS) is 12.7. The molecule has 3 heteroatoms. The molecule has 2 nitrogen and oxygen atoms in total. The van der Waals surface area contributed by atoms with Crippen LogP contribution in [0.25, 0.3) is 5.32 Å². The van der Waals surface area contributed by atoms with E-state index >= 15 is 0 Å². The molecule has 0 atom stereocenters. The molecule has 0 fully saturated rings. The Balaban J connectivity index is 0.000000365. The van der Waals surface area contributed by atoms with Crippen LogP contribution in [0.2, 0.25) is 0 Å². The van der Waals surface area contributed by atoms with Gasteiger partial charge in [0.1, 0.15) is 0 Å². The monoisotopic (exact) mass is 882 g/mol. The third-order valence-corrected chi connectivity index (χ3v) is 8.94. The van der Waals surface area contributed by atoms with Gasteiger partial charge in [0.05, 0.1) is 5.69 Å². The zero-order valence-electron chi connectivity index (χ0n) is 34.1. The van der Waals surface area contributed by atoms with E-state index in [0.29, 0.717) is 23.7 Å². The summed E-state index contributed by atoms with van der Waals surface area (Å²) in [5, 5.41) is 5.32. The molecule has 5 aromatic rings. The fraction of sp³-hybridized carbons (Fsp3) is 0.294. The topological polar surface area (TPSA) is 26.5 Å². The predicted octanol–water partition coefficient (Wildman–Crippen LogP) is 15.6. The summed E-state index contributed by atoms with van der Waals surface area (Å²) in [5.41, 5.74) is 13.1. The molecule has 0 aliphatic heterocycles. The van der Waals surface area contributed by atoms with Crippen LogP contribution in [0.3, 0.4) is 0 Å². The van der Waals surface area contributed by atoms with Crippen molar-refractivity contribution >= 4 is 17.1 Å². The first kappa shape index (κ1) is 45.9. The summed E-state index contributed by atoms with van der Waals surface area (Å²) in [6.45, 7) is 29.3. The largest absolute Gasteiger partial charge is 0.656 e. The SMILES string of the molecule is CC(C)c1cccc(C(C)C)c1N=C1CCCC=C1[N-]c1c(C(C)C)cccc1C(C)C.[CH2-]c1ccccc1.[CH2-]c1ccccc1.[CH2-]c1ccccc1.[Hf]. The van der Waals surface area contributed by atoms with Crippen molar-refractivity contribution in [2.45, 2.75) is 98.3 Å². The van der Waals surface area contributed by atoms with E-state index in [2.05, 4.69) is 119 Å².